The first kappa shape index (κ1) is 23.3. The fourth-order valence-corrected chi connectivity index (χ4v) is 3.93. The molecule has 0 aromatic heterocycles. The molecule has 0 atom stereocenters. The first-order chi connectivity index (χ1) is 13.5. The van der Waals surface area contributed by atoms with E-state index in [4.69, 9.17) is 39.5 Å². The zero-order chi connectivity index (χ0) is 21.8. The quantitative estimate of drug-likeness (QED) is 0.600. The lowest BCUT2D eigenvalue weighted by Gasteiger charge is -2.22. The number of halogens is 3. The van der Waals surface area contributed by atoms with Crippen molar-refractivity contribution in [3.63, 3.8) is 0 Å². The maximum absolute atomic E-state index is 12.5. The number of sulfonamides is 1. The van der Waals surface area contributed by atoms with Gasteiger partial charge in [0.2, 0.25) is 15.9 Å². The Morgan fingerprint density at radius 3 is 2.24 bits per heavy atom. The molecule has 0 bridgehead atoms. The first-order valence-electron chi connectivity index (χ1n) is 8.21. The third-order valence-electron chi connectivity index (χ3n) is 3.57. The van der Waals surface area contributed by atoms with Crippen LogP contribution >= 0.6 is 34.8 Å². The highest BCUT2D eigenvalue weighted by Crippen LogP contribution is 2.27. The van der Waals surface area contributed by atoms with E-state index in [1.165, 1.54) is 36.4 Å². The highest BCUT2D eigenvalue weighted by molar-refractivity contribution is 7.92. The molecule has 0 aliphatic carbocycles. The van der Waals surface area contributed by atoms with Gasteiger partial charge in [0.1, 0.15) is 6.54 Å². The van der Waals surface area contributed by atoms with E-state index in [1.54, 1.807) is 6.92 Å². The fourth-order valence-electron chi connectivity index (χ4n) is 2.38. The summed E-state index contributed by atoms with van der Waals surface area (Å²) in [6.07, 6.45) is 0.955. The summed E-state index contributed by atoms with van der Waals surface area (Å²) in [5.41, 5.74) is 0.469. The number of benzene rings is 2. The molecule has 0 saturated heterocycles. The smallest absolute Gasteiger partial charge is 0.339 e. The number of amides is 1. The van der Waals surface area contributed by atoms with Gasteiger partial charge in [0.25, 0.3) is 0 Å². The number of carbonyl (C=O) groups excluding carboxylic acids is 2. The van der Waals surface area contributed by atoms with E-state index in [2.05, 4.69) is 5.32 Å². The molecule has 11 heteroatoms. The number of anilines is 2. The zero-order valence-corrected chi connectivity index (χ0v) is 18.5. The molecule has 0 heterocycles. The minimum Gasteiger partial charge on any atom is -0.462 e. The molecular weight excluding hydrogens is 463 g/mol. The Labute approximate surface area is 183 Å². The molecule has 0 fully saturated rings. The van der Waals surface area contributed by atoms with Gasteiger partial charge in [0.15, 0.2) is 0 Å². The molecule has 1 amide bonds. The number of carbonyl (C=O) groups is 2. The van der Waals surface area contributed by atoms with Crippen molar-refractivity contribution < 1.29 is 22.7 Å². The van der Waals surface area contributed by atoms with E-state index in [-0.39, 0.29) is 38.6 Å². The van der Waals surface area contributed by atoms with Crippen LogP contribution in [0.4, 0.5) is 11.4 Å². The van der Waals surface area contributed by atoms with Crippen LogP contribution in [0.3, 0.4) is 0 Å². The van der Waals surface area contributed by atoms with Crippen molar-refractivity contribution in [1.29, 1.82) is 0 Å². The summed E-state index contributed by atoms with van der Waals surface area (Å²) in [5, 5.41) is 3.13. The SMILES string of the molecule is CCOC(=O)c1cc(NC(=O)CN(c2cc(Cl)cc(Cl)c2)S(C)(=O)=O)ccc1Cl. The molecule has 29 heavy (non-hydrogen) atoms. The average Bonchev–Trinajstić information content (AvgIpc) is 2.59. The van der Waals surface area contributed by atoms with Gasteiger partial charge in [0, 0.05) is 15.7 Å². The summed E-state index contributed by atoms with van der Waals surface area (Å²) in [5.74, 6) is -1.29. The topological polar surface area (TPSA) is 92.8 Å². The fraction of sp³-hybridized carbons (Fsp3) is 0.222. The largest absolute Gasteiger partial charge is 0.462 e. The average molecular weight is 480 g/mol. The van der Waals surface area contributed by atoms with Crippen molar-refractivity contribution in [3.05, 3.63) is 57.0 Å². The van der Waals surface area contributed by atoms with Crippen molar-refractivity contribution in [2.45, 2.75) is 6.92 Å². The van der Waals surface area contributed by atoms with Crippen molar-refractivity contribution >= 4 is 68.1 Å². The molecule has 7 nitrogen and oxygen atoms in total. The first-order valence-corrected chi connectivity index (χ1v) is 11.2. The van der Waals surface area contributed by atoms with Crippen LogP contribution in [0.25, 0.3) is 0 Å². The van der Waals surface area contributed by atoms with E-state index in [0.717, 1.165) is 10.6 Å². The van der Waals surface area contributed by atoms with Gasteiger partial charge >= 0.3 is 5.97 Å². The number of esters is 1. The van der Waals surface area contributed by atoms with E-state index in [9.17, 15) is 18.0 Å². The van der Waals surface area contributed by atoms with Crippen molar-refractivity contribution in [3.8, 4) is 0 Å². The van der Waals surface area contributed by atoms with Gasteiger partial charge in [-0.1, -0.05) is 34.8 Å². The van der Waals surface area contributed by atoms with Crippen LogP contribution in [-0.2, 0) is 19.6 Å². The van der Waals surface area contributed by atoms with Crippen LogP contribution in [0, 0.1) is 0 Å². The Morgan fingerprint density at radius 1 is 1.07 bits per heavy atom. The number of rotatable bonds is 7. The number of nitrogens with one attached hydrogen (secondary N) is 1. The van der Waals surface area contributed by atoms with Crippen LogP contribution in [0.15, 0.2) is 36.4 Å². The Morgan fingerprint density at radius 2 is 1.69 bits per heavy atom. The monoisotopic (exact) mass is 478 g/mol. The summed E-state index contributed by atoms with van der Waals surface area (Å²) >= 11 is 17.9. The second-order valence-electron chi connectivity index (χ2n) is 5.86. The van der Waals surface area contributed by atoms with Gasteiger partial charge in [0.05, 0.1) is 29.1 Å². The normalized spacial score (nSPS) is 11.1. The number of ether oxygens (including phenoxy) is 1. The molecule has 2 aromatic rings. The van der Waals surface area contributed by atoms with Crippen LogP contribution in [0.5, 0.6) is 0 Å². The van der Waals surface area contributed by atoms with Crippen molar-refractivity contribution in [2.24, 2.45) is 0 Å². The lowest BCUT2D eigenvalue weighted by Crippen LogP contribution is -2.37. The van der Waals surface area contributed by atoms with Gasteiger partial charge < -0.3 is 10.1 Å². The zero-order valence-electron chi connectivity index (χ0n) is 15.4. The summed E-state index contributed by atoms with van der Waals surface area (Å²) in [4.78, 5) is 24.4. The summed E-state index contributed by atoms with van der Waals surface area (Å²) in [7, 11) is -3.81. The maximum atomic E-state index is 12.5. The molecule has 0 radical (unpaired) electrons. The maximum Gasteiger partial charge on any atom is 0.339 e. The molecule has 0 saturated carbocycles. The Kier molecular flexibility index (Phi) is 7.76. The molecule has 0 unspecified atom stereocenters. The summed E-state index contributed by atoms with van der Waals surface area (Å²) < 4.78 is 30.1. The number of nitrogens with zero attached hydrogens (tertiary/aromatic N) is 1. The number of hydrogen-bond donors (Lipinski definition) is 1. The van der Waals surface area contributed by atoms with Crippen LogP contribution in [0.2, 0.25) is 15.1 Å². The summed E-state index contributed by atoms with van der Waals surface area (Å²) in [6, 6.07) is 8.45. The van der Waals surface area contributed by atoms with Gasteiger partial charge in [-0.05, 0) is 43.3 Å². The molecule has 2 rings (SSSR count). The second kappa shape index (κ2) is 9.67. The highest BCUT2D eigenvalue weighted by Gasteiger charge is 2.22. The van der Waals surface area contributed by atoms with Gasteiger partial charge in [-0.15, -0.1) is 0 Å². The van der Waals surface area contributed by atoms with Gasteiger partial charge in [-0.2, -0.15) is 0 Å². The van der Waals surface area contributed by atoms with Crippen LogP contribution in [0.1, 0.15) is 17.3 Å². The highest BCUT2D eigenvalue weighted by atomic mass is 35.5. The predicted octanol–water partition coefficient (Wildman–Crippen LogP) is 4.23. The van der Waals surface area contributed by atoms with E-state index >= 15 is 0 Å². The Balaban J connectivity index is 2.25. The molecule has 1 N–H and O–H groups in total. The van der Waals surface area contributed by atoms with Crippen molar-refractivity contribution in [1.82, 2.24) is 0 Å². The molecule has 0 spiro atoms. The Hall–Kier alpha value is -2.00. The van der Waals surface area contributed by atoms with E-state index in [1.807, 2.05) is 0 Å². The van der Waals surface area contributed by atoms with Gasteiger partial charge in [-0.25, -0.2) is 13.2 Å². The second-order valence-corrected chi connectivity index (χ2v) is 9.05. The minimum atomic E-state index is -3.81. The van der Waals surface area contributed by atoms with E-state index < -0.39 is 28.4 Å². The minimum absolute atomic E-state index is 0.0768. The standard InChI is InChI=1S/C18H17Cl3N2O5S/c1-3-28-18(25)15-9-13(4-5-16(15)21)22-17(24)10-23(29(2,26)27)14-7-11(19)6-12(20)8-14/h4-9H,3,10H2,1-2H3,(H,22,24). The van der Waals surface area contributed by atoms with Crippen LogP contribution < -0.4 is 9.62 Å². The molecule has 2 aromatic carbocycles. The molecule has 0 aliphatic rings. The predicted molar refractivity (Wildman–Crippen MR) is 115 cm³/mol. The molecule has 156 valence electrons. The molecular formula is C18H17Cl3N2O5S. The lowest BCUT2D eigenvalue weighted by molar-refractivity contribution is -0.114. The third-order valence-corrected chi connectivity index (χ3v) is 5.47. The third kappa shape index (κ3) is 6.50. The van der Waals surface area contributed by atoms with Crippen LogP contribution in [-0.4, -0.2) is 39.7 Å². The molecule has 0 aliphatic heterocycles. The van der Waals surface area contributed by atoms with E-state index in [0.29, 0.717) is 0 Å². The van der Waals surface area contributed by atoms with Gasteiger partial charge in [-0.3, -0.25) is 9.10 Å². The Bertz CT molecular complexity index is 1020. The lowest BCUT2D eigenvalue weighted by atomic mass is 10.2. The summed E-state index contributed by atoms with van der Waals surface area (Å²) in [6.45, 7) is 1.28. The van der Waals surface area contributed by atoms with Crippen molar-refractivity contribution in [2.75, 3.05) is 29.0 Å². The number of hydrogen-bond acceptors (Lipinski definition) is 5.